The second-order valence-electron chi connectivity index (χ2n) is 8.72. The zero-order chi connectivity index (χ0) is 29.2. The molecule has 0 bridgehead atoms. The van der Waals surface area contributed by atoms with Gasteiger partial charge in [-0.05, 0) is 72.5 Å². The minimum absolute atomic E-state index is 0.112. The molecular weight excluding hydrogens is 578 g/mol. The van der Waals surface area contributed by atoms with Gasteiger partial charge in [-0.3, -0.25) is 14.4 Å². The van der Waals surface area contributed by atoms with Crippen LogP contribution in [0.5, 0.6) is 5.75 Å². The lowest BCUT2D eigenvalue weighted by Crippen LogP contribution is -2.30. The molecule has 0 spiro atoms. The number of ether oxygens (including phenoxy) is 1. The van der Waals surface area contributed by atoms with E-state index in [1.54, 1.807) is 66.7 Å². The van der Waals surface area contributed by atoms with Crippen LogP contribution in [0.2, 0.25) is 5.02 Å². The molecule has 1 atom stereocenters. The lowest BCUT2D eigenvalue weighted by molar-refractivity contribution is -0.116. The van der Waals surface area contributed by atoms with Gasteiger partial charge in [-0.15, -0.1) is 23.1 Å². The van der Waals surface area contributed by atoms with E-state index in [0.29, 0.717) is 34.1 Å². The van der Waals surface area contributed by atoms with E-state index in [1.807, 2.05) is 36.6 Å². The molecule has 210 valence electrons. The highest BCUT2D eigenvalue weighted by Gasteiger charge is 2.21. The maximum Gasteiger partial charge on any atom is 0.272 e. The first kappa shape index (κ1) is 29.9. The number of halogens is 1. The summed E-state index contributed by atoms with van der Waals surface area (Å²) in [6.45, 7) is 1.93. The summed E-state index contributed by atoms with van der Waals surface area (Å²) >= 11 is 8.93. The summed E-state index contributed by atoms with van der Waals surface area (Å²) in [5.41, 5.74) is 1.57. The van der Waals surface area contributed by atoms with Crippen molar-refractivity contribution < 1.29 is 19.1 Å². The van der Waals surface area contributed by atoms with Crippen LogP contribution in [0.1, 0.15) is 28.6 Å². The van der Waals surface area contributed by atoms with Crippen molar-refractivity contribution >= 4 is 69.9 Å². The highest BCUT2D eigenvalue weighted by molar-refractivity contribution is 8.00. The molecule has 3 aromatic carbocycles. The van der Waals surface area contributed by atoms with Crippen LogP contribution in [0.3, 0.4) is 0 Å². The molecule has 1 heterocycles. The van der Waals surface area contributed by atoms with Crippen molar-refractivity contribution in [1.82, 2.24) is 5.32 Å². The Morgan fingerprint density at radius 3 is 2.49 bits per heavy atom. The predicted molar refractivity (Wildman–Crippen MR) is 168 cm³/mol. The fourth-order valence-electron chi connectivity index (χ4n) is 3.78. The number of carbonyl (C=O) groups is 3. The summed E-state index contributed by atoms with van der Waals surface area (Å²) in [5, 5.41) is 10.5. The molecular formula is C31H28ClN3O4S2. The molecule has 0 aliphatic rings. The number of hydrogen-bond donors (Lipinski definition) is 3. The molecule has 3 amide bonds. The largest absolute Gasteiger partial charge is 0.495 e. The predicted octanol–water partition coefficient (Wildman–Crippen LogP) is 7.33. The van der Waals surface area contributed by atoms with Crippen LogP contribution in [0, 0.1) is 0 Å². The number of rotatable bonds is 11. The lowest BCUT2D eigenvalue weighted by atomic mass is 10.2. The number of thioether (sulfide) groups is 1. The van der Waals surface area contributed by atoms with Crippen molar-refractivity contribution in [3.8, 4) is 5.75 Å². The molecule has 0 saturated heterocycles. The summed E-state index contributed by atoms with van der Waals surface area (Å²) in [4.78, 5) is 40.8. The third-order valence-corrected chi connectivity index (χ3v) is 8.22. The number of amides is 3. The third-order valence-electron chi connectivity index (χ3n) is 5.81. The average molecular weight is 606 g/mol. The zero-order valence-corrected chi connectivity index (χ0v) is 24.7. The van der Waals surface area contributed by atoms with E-state index in [0.717, 1.165) is 9.77 Å². The Labute approximate surface area is 252 Å². The van der Waals surface area contributed by atoms with Crippen LogP contribution in [-0.4, -0.2) is 30.1 Å². The molecule has 0 fully saturated rings. The van der Waals surface area contributed by atoms with Crippen LogP contribution >= 0.6 is 34.7 Å². The van der Waals surface area contributed by atoms with E-state index in [-0.39, 0.29) is 17.5 Å². The van der Waals surface area contributed by atoms with Crippen molar-refractivity contribution in [2.24, 2.45) is 0 Å². The average Bonchev–Trinajstić information content (AvgIpc) is 3.49. The van der Waals surface area contributed by atoms with Gasteiger partial charge in [0.25, 0.3) is 11.8 Å². The fraction of sp³-hybridized carbons (Fsp3) is 0.129. The van der Waals surface area contributed by atoms with Gasteiger partial charge in [0.05, 0.1) is 18.0 Å². The van der Waals surface area contributed by atoms with Gasteiger partial charge in [-0.1, -0.05) is 48.9 Å². The molecule has 0 radical (unpaired) electrons. The van der Waals surface area contributed by atoms with E-state index in [2.05, 4.69) is 16.0 Å². The van der Waals surface area contributed by atoms with Crippen LogP contribution in [0.4, 0.5) is 11.4 Å². The van der Waals surface area contributed by atoms with Gasteiger partial charge >= 0.3 is 0 Å². The molecule has 4 aromatic rings. The second-order valence-corrected chi connectivity index (χ2v) is 11.4. The highest BCUT2D eigenvalue weighted by atomic mass is 35.5. The van der Waals surface area contributed by atoms with Gasteiger partial charge in [0, 0.05) is 26.0 Å². The van der Waals surface area contributed by atoms with E-state index in [4.69, 9.17) is 16.3 Å². The standard InChI is InChI=1S/C31H28ClN3O4S2/c1-3-28(31(38)34-25-17-21(32)14-15-27(25)39-2)41-24-12-7-11-22(18-24)33-30(37)26(19-23-13-8-16-40-23)35-29(36)20-9-5-4-6-10-20/h4-19,28H,3H2,1-2H3,(H,33,37)(H,34,38)(H,35,36)/b26-19-. The van der Waals surface area contributed by atoms with E-state index >= 15 is 0 Å². The molecule has 1 unspecified atom stereocenters. The second kappa shape index (κ2) is 14.5. The monoisotopic (exact) mass is 605 g/mol. The summed E-state index contributed by atoms with van der Waals surface area (Å²) in [6.07, 6.45) is 2.20. The van der Waals surface area contributed by atoms with Crippen molar-refractivity contribution in [3.63, 3.8) is 0 Å². The smallest absolute Gasteiger partial charge is 0.272 e. The number of nitrogens with one attached hydrogen (secondary N) is 3. The summed E-state index contributed by atoms with van der Waals surface area (Å²) in [7, 11) is 1.53. The first-order valence-electron chi connectivity index (χ1n) is 12.7. The maximum atomic E-state index is 13.3. The van der Waals surface area contributed by atoms with E-state index < -0.39 is 11.2 Å². The fourth-order valence-corrected chi connectivity index (χ4v) is 5.62. The zero-order valence-electron chi connectivity index (χ0n) is 22.3. The molecule has 3 N–H and O–H groups in total. The summed E-state index contributed by atoms with van der Waals surface area (Å²) < 4.78 is 5.34. The van der Waals surface area contributed by atoms with E-state index in [9.17, 15) is 14.4 Å². The number of anilines is 2. The van der Waals surface area contributed by atoms with Crippen LogP contribution in [0.25, 0.3) is 6.08 Å². The molecule has 0 saturated carbocycles. The lowest BCUT2D eigenvalue weighted by Gasteiger charge is -2.17. The van der Waals surface area contributed by atoms with Gasteiger partial charge < -0.3 is 20.7 Å². The third kappa shape index (κ3) is 8.47. The normalized spacial score (nSPS) is 11.8. The molecule has 10 heteroatoms. The Balaban J connectivity index is 1.47. The van der Waals surface area contributed by atoms with Crippen LogP contribution < -0.4 is 20.7 Å². The van der Waals surface area contributed by atoms with Gasteiger partial charge in [0.2, 0.25) is 5.91 Å². The van der Waals surface area contributed by atoms with Gasteiger partial charge in [0.1, 0.15) is 11.4 Å². The molecule has 0 aliphatic heterocycles. The number of hydrogen-bond acceptors (Lipinski definition) is 6. The summed E-state index contributed by atoms with van der Waals surface area (Å²) in [6, 6.07) is 24.7. The van der Waals surface area contributed by atoms with Gasteiger partial charge in [-0.25, -0.2) is 0 Å². The van der Waals surface area contributed by atoms with Crippen LogP contribution in [0.15, 0.2) is 101 Å². The Morgan fingerprint density at radius 1 is 0.976 bits per heavy atom. The molecule has 0 aliphatic carbocycles. The Kier molecular flexibility index (Phi) is 10.6. The first-order chi connectivity index (χ1) is 19.9. The topological polar surface area (TPSA) is 96.5 Å². The highest BCUT2D eigenvalue weighted by Crippen LogP contribution is 2.32. The number of methoxy groups -OCH3 is 1. The SMILES string of the molecule is CCC(Sc1cccc(NC(=O)/C(=C/c2cccs2)NC(=O)c2ccccc2)c1)C(=O)Nc1cc(Cl)ccc1OC. The molecule has 41 heavy (non-hydrogen) atoms. The maximum absolute atomic E-state index is 13.3. The van der Waals surface area contributed by atoms with Gasteiger partial charge in [-0.2, -0.15) is 0 Å². The minimum Gasteiger partial charge on any atom is -0.495 e. The minimum atomic E-state index is -0.470. The number of thiophene rings is 1. The molecule has 7 nitrogen and oxygen atoms in total. The first-order valence-corrected chi connectivity index (χ1v) is 14.8. The summed E-state index contributed by atoms with van der Waals surface area (Å²) in [5.74, 6) is -0.543. The van der Waals surface area contributed by atoms with Crippen molar-refractivity contribution in [2.75, 3.05) is 17.7 Å². The number of benzene rings is 3. The Bertz CT molecular complexity index is 1540. The van der Waals surface area contributed by atoms with Crippen molar-refractivity contribution in [3.05, 3.63) is 111 Å². The van der Waals surface area contributed by atoms with E-state index in [1.165, 1.54) is 30.2 Å². The Morgan fingerprint density at radius 2 is 1.78 bits per heavy atom. The van der Waals surface area contributed by atoms with Crippen LogP contribution in [-0.2, 0) is 9.59 Å². The molecule has 4 rings (SSSR count). The quantitative estimate of drug-likeness (QED) is 0.123. The number of carbonyl (C=O) groups excluding carboxylic acids is 3. The Hall–Kier alpha value is -4.05. The van der Waals surface area contributed by atoms with Crippen molar-refractivity contribution in [2.45, 2.75) is 23.5 Å². The molecule has 1 aromatic heterocycles. The van der Waals surface area contributed by atoms with Crippen molar-refractivity contribution in [1.29, 1.82) is 0 Å². The van der Waals surface area contributed by atoms with Gasteiger partial charge in [0.15, 0.2) is 0 Å².